The van der Waals surface area contributed by atoms with Gasteiger partial charge in [0.05, 0.1) is 17.3 Å². The van der Waals surface area contributed by atoms with Gasteiger partial charge in [-0.05, 0) is 49.2 Å². The summed E-state index contributed by atoms with van der Waals surface area (Å²) < 4.78 is 115. The van der Waals surface area contributed by atoms with Crippen LogP contribution in [0, 0.1) is 17.5 Å². The third-order valence-electron chi connectivity index (χ3n) is 6.63. The minimum atomic E-state index is -4.83. The fraction of sp³-hybridized carbons (Fsp3) is 0.259. The van der Waals surface area contributed by atoms with Crippen molar-refractivity contribution < 1.29 is 39.5 Å². The van der Waals surface area contributed by atoms with E-state index in [2.05, 4.69) is 30.6 Å². The molecule has 0 spiro atoms. The van der Waals surface area contributed by atoms with E-state index in [-0.39, 0.29) is 23.0 Å². The van der Waals surface area contributed by atoms with Gasteiger partial charge in [-0.3, -0.25) is 4.98 Å². The largest absolute Gasteiger partial charge is 0.435 e. The van der Waals surface area contributed by atoms with Crippen LogP contribution >= 0.6 is 0 Å². The van der Waals surface area contributed by atoms with E-state index < -0.39 is 57.6 Å². The molecule has 1 fully saturated rings. The molecule has 0 saturated carbocycles. The molecule has 0 amide bonds. The van der Waals surface area contributed by atoms with Crippen molar-refractivity contribution in [2.75, 3.05) is 18.4 Å². The first-order valence-electron chi connectivity index (χ1n) is 13.1. The molecular weight excluding hydrogens is 616 g/mol. The van der Waals surface area contributed by atoms with E-state index in [0.717, 1.165) is 32.0 Å². The number of thiol groups is 1. The second-order valence-electron chi connectivity index (χ2n) is 9.60. The van der Waals surface area contributed by atoms with E-state index in [9.17, 15) is 21.6 Å². The van der Waals surface area contributed by atoms with E-state index in [1.54, 1.807) is 6.07 Å². The Morgan fingerprint density at radius 3 is 2.52 bits per heavy atom. The highest BCUT2D eigenvalue weighted by Gasteiger charge is 2.34. The lowest BCUT2D eigenvalue weighted by Crippen LogP contribution is -2.38. The number of benzene rings is 1. The first-order chi connectivity index (χ1) is 21.0. The molecule has 3 N–H and O–H groups in total. The summed E-state index contributed by atoms with van der Waals surface area (Å²) in [5.41, 5.74) is -2.28. The molecule has 44 heavy (non-hydrogen) atoms. The van der Waals surface area contributed by atoms with Gasteiger partial charge in [0, 0.05) is 42.8 Å². The molecule has 232 valence electrons. The maximum Gasteiger partial charge on any atom is 0.433 e. The van der Waals surface area contributed by atoms with Gasteiger partial charge in [0.2, 0.25) is 28.5 Å². The van der Waals surface area contributed by atoms with Crippen molar-refractivity contribution in [3.8, 4) is 22.9 Å². The molecular formula is C27H23F6N7O3S. The van der Waals surface area contributed by atoms with Gasteiger partial charge in [-0.25, -0.2) is 36.9 Å². The van der Waals surface area contributed by atoms with Crippen LogP contribution in [0.15, 0.2) is 55.0 Å². The van der Waals surface area contributed by atoms with Crippen molar-refractivity contribution in [2.45, 2.75) is 31.1 Å². The van der Waals surface area contributed by atoms with E-state index in [0.29, 0.717) is 30.0 Å². The lowest BCUT2D eigenvalue weighted by Gasteiger charge is -2.23. The van der Waals surface area contributed by atoms with Crippen LogP contribution in [0.4, 0.5) is 32.3 Å². The van der Waals surface area contributed by atoms with Gasteiger partial charge in [-0.15, -0.1) is 0 Å². The van der Waals surface area contributed by atoms with E-state index >= 15 is 13.2 Å². The molecule has 0 aliphatic carbocycles. The Morgan fingerprint density at radius 1 is 1.02 bits per heavy atom. The summed E-state index contributed by atoms with van der Waals surface area (Å²) in [5, 5.41) is 6.49. The van der Waals surface area contributed by atoms with Crippen LogP contribution in [-0.4, -0.2) is 47.5 Å². The second kappa shape index (κ2) is 13.1. The highest BCUT2D eigenvalue weighted by atomic mass is 32.2. The van der Waals surface area contributed by atoms with E-state index in [1.165, 1.54) is 24.5 Å². The topological polar surface area (TPSA) is 131 Å². The number of aromatic nitrogens is 4. The summed E-state index contributed by atoms with van der Waals surface area (Å²) in [7, 11) is -3.56. The van der Waals surface area contributed by atoms with Crippen molar-refractivity contribution in [3.05, 3.63) is 89.3 Å². The Balaban J connectivity index is 1.47. The molecule has 1 aromatic carbocycles. The molecule has 4 aromatic rings. The Hall–Kier alpha value is -4.35. The molecule has 1 aliphatic rings. The zero-order valence-corrected chi connectivity index (χ0v) is 23.3. The molecule has 1 saturated heterocycles. The van der Waals surface area contributed by atoms with Crippen molar-refractivity contribution in [1.29, 1.82) is 0 Å². The van der Waals surface area contributed by atoms with Gasteiger partial charge >= 0.3 is 6.18 Å². The molecule has 2 atom stereocenters. The maximum absolute atomic E-state index is 15.4. The number of hydrogen-bond acceptors (Lipinski definition) is 9. The fourth-order valence-electron chi connectivity index (χ4n) is 4.59. The smallest absolute Gasteiger partial charge is 0.433 e. The quantitative estimate of drug-likeness (QED) is 0.119. The van der Waals surface area contributed by atoms with Crippen LogP contribution < -0.4 is 20.1 Å². The molecule has 10 nitrogen and oxygen atoms in total. The van der Waals surface area contributed by atoms with Gasteiger partial charge in [0.15, 0.2) is 11.6 Å². The Kier molecular flexibility index (Phi) is 9.26. The molecule has 17 heteroatoms. The van der Waals surface area contributed by atoms with Gasteiger partial charge in [-0.2, -0.15) is 17.6 Å². The number of nitrogens with zero attached hydrogens (tertiary/aromatic N) is 4. The van der Waals surface area contributed by atoms with Crippen LogP contribution in [-0.2, 0) is 17.1 Å². The summed E-state index contributed by atoms with van der Waals surface area (Å²) in [6.07, 6.45) is 0.419. The number of piperidine rings is 1. The van der Waals surface area contributed by atoms with Gasteiger partial charge in [0.1, 0.15) is 11.5 Å². The number of halogens is 6. The van der Waals surface area contributed by atoms with Crippen molar-refractivity contribution in [3.63, 3.8) is 0 Å². The summed E-state index contributed by atoms with van der Waals surface area (Å²) in [4.78, 5) is 15.9. The van der Waals surface area contributed by atoms with Crippen LogP contribution in [0.1, 0.15) is 35.7 Å². The lowest BCUT2D eigenvalue weighted by molar-refractivity contribution is -0.141. The normalized spacial score (nSPS) is 16.1. The molecule has 0 bridgehead atoms. The van der Waals surface area contributed by atoms with Crippen LogP contribution in [0.25, 0.3) is 11.3 Å². The highest BCUT2D eigenvalue weighted by molar-refractivity contribution is 7.70. The fourth-order valence-corrected chi connectivity index (χ4v) is 5.08. The minimum Gasteiger partial charge on any atom is -0.435 e. The van der Waals surface area contributed by atoms with Crippen LogP contribution in [0.5, 0.6) is 11.6 Å². The zero-order chi connectivity index (χ0) is 31.4. The van der Waals surface area contributed by atoms with Crippen molar-refractivity contribution >= 4 is 16.8 Å². The molecule has 0 radical (unpaired) electrons. The maximum atomic E-state index is 15.4. The molecule has 5 rings (SSSR count). The average molecular weight is 640 g/mol. The third-order valence-corrected chi connectivity index (χ3v) is 7.10. The second-order valence-corrected chi connectivity index (χ2v) is 10.4. The number of alkyl halides is 3. The summed E-state index contributed by atoms with van der Waals surface area (Å²) in [6.45, 7) is 1.63. The predicted octanol–water partition coefficient (Wildman–Crippen LogP) is 4.53. The van der Waals surface area contributed by atoms with E-state index in [4.69, 9.17) is 4.74 Å². The summed E-state index contributed by atoms with van der Waals surface area (Å²) >= 11 is 0. The van der Waals surface area contributed by atoms with Crippen molar-refractivity contribution in [2.24, 2.45) is 0 Å². The number of ether oxygens (including phenoxy) is 1. The number of pyridine rings is 2. The van der Waals surface area contributed by atoms with Crippen molar-refractivity contribution in [1.82, 2.24) is 30.0 Å². The van der Waals surface area contributed by atoms with E-state index in [1.807, 2.05) is 4.72 Å². The number of hydrogen-bond donors (Lipinski definition) is 4. The number of anilines is 1. The van der Waals surface area contributed by atoms with Gasteiger partial charge < -0.3 is 15.4 Å². The first kappa shape index (κ1) is 31.1. The monoisotopic (exact) mass is 639 g/mol. The Morgan fingerprint density at radius 2 is 1.84 bits per heavy atom. The number of nitrogens with one attached hydrogen (secondary N) is 3. The predicted molar refractivity (Wildman–Crippen MR) is 146 cm³/mol. The zero-order valence-electron chi connectivity index (χ0n) is 22.4. The van der Waals surface area contributed by atoms with Gasteiger partial charge in [0.25, 0.3) is 0 Å². The third kappa shape index (κ3) is 7.06. The lowest BCUT2D eigenvalue weighted by atomic mass is 9.99. The minimum absolute atomic E-state index is 0.0959. The summed E-state index contributed by atoms with van der Waals surface area (Å²) in [6, 6.07) is 4.49. The molecule has 4 heterocycles. The molecule has 1 aliphatic heterocycles. The molecule has 3 aromatic heterocycles. The van der Waals surface area contributed by atoms with Crippen LogP contribution in [0.3, 0.4) is 0 Å². The highest BCUT2D eigenvalue weighted by Crippen LogP contribution is 2.37. The molecule has 0 unspecified atom stereocenters. The standard InChI is InChI=1S/C27H23F6N7O3S/c28-17-11-19(22(29)23(30)21(17)24(40-44(41)42)14-5-6-20(37-12-14)27(31,32)33)43-25-16(4-2-9-35-25)18-7-10-36-26(39-18)38-15-3-1-8-34-13-15/h2,4-7,9-12,15,24,34,44H,1,3,8,13H2,(H,36,38,39)(H,40,41,42)/t15-,24-/m0/s1. The average Bonchev–Trinajstić information content (AvgIpc) is 3.00. The number of rotatable bonds is 9. The van der Waals surface area contributed by atoms with Crippen LogP contribution in [0.2, 0.25) is 0 Å². The summed E-state index contributed by atoms with van der Waals surface area (Å²) in [5.74, 6) is -5.89. The van der Waals surface area contributed by atoms with Gasteiger partial charge in [-0.1, -0.05) is 6.07 Å². The Bertz CT molecular complexity index is 1710. The SMILES string of the molecule is O=[SH](=O)N[C@@H](c1ccc(C(F)(F)F)nc1)c1c(F)cc(Oc2ncccc2-c2ccnc(N[C@H]3CCCNC3)n2)c(F)c1F. The Labute approximate surface area is 248 Å². The first-order valence-corrected chi connectivity index (χ1v) is 14.2.